The predicted octanol–water partition coefficient (Wildman–Crippen LogP) is 3.68. The summed E-state index contributed by atoms with van der Waals surface area (Å²) in [6.45, 7) is 3.04. The summed E-state index contributed by atoms with van der Waals surface area (Å²) in [7, 11) is 0. The van der Waals surface area contributed by atoms with Crippen molar-refractivity contribution in [2.75, 3.05) is 19.8 Å². The van der Waals surface area contributed by atoms with Crippen LogP contribution in [0.15, 0.2) is 30.3 Å². The SMILES string of the molecule is c1ccc(CO[C@H]2C[C@@H](OCCCOC3CCCCO3)C2)cc1. The van der Waals surface area contributed by atoms with E-state index in [1.807, 2.05) is 18.2 Å². The van der Waals surface area contributed by atoms with E-state index in [0.717, 1.165) is 51.9 Å². The number of rotatable bonds is 9. The van der Waals surface area contributed by atoms with Crippen molar-refractivity contribution in [3.05, 3.63) is 35.9 Å². The minimum atomic E-state index is 0.0169. The summed E-state index contributed by atoms with van der Waals surface area (Å²) in [4.78, 5) is 0. The van der Waals surface area contributed by atoms with Gasteiger partial charge >= 0.3 is 0 Å². The van der Waals surface area contributed by atoms with Gasteiger partial charge < -0.3 is 18.9 Å². The summed E-state index contributed by atoms with van der Waals surface area (Å²) in [5, 5.41) is 0. The molecule has 4 nitrogen and oxygen atoms in total. The van der Waals surface area contributed by atoms with Crippen LogP contribution in [0.3, 0.4) is 0 Å². The molecular formula is C19H28O4. The summed E-state index contributed by atoms with van der Waals surface area (Å²) in [6.07, 6.45) is 7.11. The van der Waals surface area contributed by atoms with Crippen molar-refractivity contribution in [1.82, 2.24) is 0 Å². The monoisotopic (exact) mass is 320 g/mol. The zero-order valence-electron chi connectivity index (χ0n) is 13.8. The maximum absolute atomic E-state index is 5.88. The van der Waals surface area contributed by atoms with Gasteiger partial charge in [0.25, 0.3) is 0 Å². The fourth-order valence-electron chi connectivity index (χ4n) is 2.94. The van der Waals surface area contributed by atoms with Gasteiger partial charge in [0.1, 0.15) is 0 Å². The van der Waals surface area contributed by atoms with E-state index in [-0.39, 0.29) is 6.29 Å². The molecule has 1 aromatic rings. The van der Waals surface area contributed by atoms with Gasteiger partial charge in [-0.1, -0.05) is 30.3 Å². The first kappa shape index (κ1) is 16.9. The quantitative estimate of drug-likeness (QED) is 0.650. The topological polar surface area (TPSA) is 36.9 Å². The Hall–Kier alpha value is -0.940. The number of hydrogen-bond acceptors (Lipinski definition) is 4. The lowest BCUT2D eigenvalue weighted by Gasteiger charge is -2.35. The van der Waals surface area contributed by atoms with Gasteiger partial charge in [-0.3, -0.25) is 0 Å². The first-order valence-electron chi connectivity index (χ1n) is 8.90. The van der Waals surface area contributed by atoms with Crippen molar-refractivity contribution < 1.29 is 18.9 Å². The van der Waals surface area contributed by atoms with Crippen LogP contribution in [0.1, 0.15) is 44.1 Å². The van der Waals surface area contributed by atoms with Crippen molar-refractivity contribution >= 4 is 0 Å². The van der Waals surface area contributed by atoms with Crippen molar-refractivity contribution in [2.24, 2.45) is 0 Å². The van der Waals surface area contributed by atoms with E-state index in [9.17, 15) is 0 Å². The zero-order chi connectivity index (χ0) is 15.7. The van der Waals surface area contributed by atoms with Gasteiger partial charge in [-0.15, -0.1) is 0 Å². The van der Waals surface area contributed by atoms with E-state index in [1.54, 1.807) is 0 Å². The third-order valence-electron chi connectivity index (χ3n) is 4.46. The van der Waals surface area contributed by atoms with Gasteiger partial charge in [0.2, 0.25) is 0 Å². The summed E-state index contributed by atoms with van der Waals surface area (Å²) < 4.78 is 23.0. The molecule has 0 spiro atoms. The first-order valence-corrected chi connectivity index (χ1v) is 8.90. The van der Waals surface area contributed by atoms with Crippen molar-refractivity contribution in [2.45, 2.75) is 63.6 Å². The molecule has 1 aliphatic carbocycles. The van der Waals surface area contributed by atoms with Crippen molar-refractivity contribution in [3.8, 4) is 0 Å². The fraction of sp³-hybridized carbons (Fsp3) is 0.684. The Kier molecular flexibility index (Phi) is 6.89. The number of benzene rings is 1. The normalized spacial score (nSPS) is 27.6. The Morgan fingerprint density at radius 2 is 1.70 bits per heavy atom. The zero-order valence-corrected chi connectivity index (χ0v) is 13.8. The van der Waals surface area contributed by atoms with Crippen LogP contribution >= 0.6 is 0 Å². The lowest BCUT2D eigenvalue weighted by molar-refractivity contribution is -0.166. The lowest BCUT2D eigenvalue weighted by atomic mass is 9.92. The summed E-state index contributed by atoms with van der Waals surface area (Å²) in [5.41, 5.74) is 1.24. The van der Waals surface area contributed by atoms with E-state index in [2.05, 4.69) is 12.1 Å². The second-order valence-electron chi connectivity index (χ2n) is 6.40. The van der Waals surface area contributed by atoms with Gasteiger partial charge in [0, 0.05) is 13.2 Å². The number of hydrogen-bond donors (Lipinski definition) is 0. The van der Waals surface area contributed by atoms with Crippen LogP contribution < -0.4 is 0 Å². The summed E-state index contributed by atoms with van der Waals surface area (Å²) in [6, 6.07) is 10.3. The van der Waals surface area contributed by atoms with E-state index in [4.69, 9.17) is 18.9 Å². The fourth-order valence-corrected chi connectivity index (χ4v) is 2.94. The maximum atomic E-state index is 5.88. The molecule has 1 aromatic carbocycles. The van der Waals surface area contributed by atoms with Crippen LogP contribution in [0.2, 0.25) is 0 Å². The predicted molar refractivity (Wildman–Crippen MR) is 88.2 cm³/mol. The van der Waals surface area contributed by atoms with Gasteiger partial charge in [-0.2, -0.15) is 0 Å². The molecule has 0 N–H and O–H groups in total. The Morgan fingerprint density at radius 3 is 2.48 bits per heavy atom. The van der Waals surface area contributed by atoms with Crippen molar-refractivity contribution in [1.29, 1.82) is 0 Å². The standard InChI is InChI=1S/C19H28O4/c1-2-7-16(8-3-1)15-23-18-13-17(14-18)20-11-6-12-22-19-9-4-5-10-21-19/h1-3,7-8,17-19H,4-6,9-15H2/t17-,18+,19?. The molecular weight excluding hydrogens is 292 g/mol. The highest BCUT2D eigenvalue weighted by atomic mass is 16.7. The van der Waals surface area contributed by atoms with E-state index >= 15 is 0 Å². The van der Waals surface area contributed by atoms with E-state index < -0.39 is 0 Å². The molecule has 128 valence electrons. The van der Waals surface area contributed by atoms with Gasteiger partial charge in [0.05, 0.1) is 25.4 Å². The molecule has 3 rings (SSSR count). The molecule has 2 aliphatic rings. The molecule has 0 radical (unpaired) electrons. The molecule has 1 unspecified atom stereocenters. The second-order valence-corrected chi connectivity index (χ2v) is 6.40. The number of ether oxygens (including phenoxy) is 4. The third kappa shape index (κ3) is 5.88. The highest BCUT2D eigenvalue weighted by molar-refractivity contribution is 5.13. The maximum Gasteiger partial charge on any atom is 0.157 e. The van der Waals surface area contributed by atoms with Crippen LogP contribution in [0.4, 0.5) is 0 Å². The van der Waals surface area contributed by atoms with Crippen LogP contribution in [0.25, 0.3) is 0 Å². The first-order chi connectivity index (χ1) is 11.4. The molecule has 1 aliphatic heterocycles. The molecule has 1 saturated heterocycles. The molecule has 1 atom stereocenters. The van der Waals surface area contributed by atoms with Crippen LogP contribution in [-0.4, -0.2) is 38.3 Å². The Labute approximate surface area is 139 Å². The summed E-state index contributed by atoms with van der Waals surface area (Å²) >= 11 is 0. The van der Waals surface area contributed by atoms with Crippen LogP contribution in [0, 0.1) is 0 Å². The molecule has 0 aromatic heterocycles. The molecule has 0 bridgehead atoms. The molecule has 23 heavy (non-hydrogen) atoms. The highest BCUT2D eigenvalue weighted by Crippen LogP contribution is 2.27. The van der Waals surface area contributed by atoms with Crippen LogP contribution in [0.5, 0.6) is 0 Å². The molecule has 0 amide bonds. The molecule has 1 saturated carbocycles. The van der Waals surface area contributed by atoms with Gasteiger partial charge in [0.15, 0.2) is 6.29 Å². The minimum Gasteiger partial charge on any atom is -0.378 e. The molecule has 4 heteroatoms. The highest BCUT2D eigenvalue weighted by Gasteiger charge is 2.30. The summed E-state index contributed by atoms with van der Waals surface area (Å²) in [5.74, 6) is 0. The van der Waals surface area contributed by atoms with Crippen molar-refractivity contribution in [3.63, 3.8) is 0 Å². The van der Waals surface area contributed by atoms with E-state index in [1.165, 1.54) is 12.0 Å². The molecule has 1 heterocycles. The average Bonchev–Trinajstić information content (AvgIpc) is 2.57. The second kappa shape index (κ2) is 9.38. The largest absolute Gasteiger partial charge is 0.378 e. The Bertz CT molecular complexity index is 424. The smallest absolute Gasteiger partial charge is 0.157 e. The third-order valence-corrected chi connectivity index (χ3v) is 4.46. The van der Waals surface area contributed by atoms with Gasteiger partial charge in [-0.05, 0) is 44.1 Å². The molecule has 2 fully saturated rings. The van der Waals surface area contributed by atoms with Crippen LogP contribution in [-0.2, 0) is 25.6 Å². The lowest BCUT2D eigenvalue weighted by Crippen LogP contribution is -2.37. The average molecular weight is 320 g/mol. The Balaban J connectivity index is 1.16. The Morgan fingerprint density at radius 1 is 0.913 bits per heavy atom. The minimum absolute atomic E-state index is 0.0169. The van der Waals surface area contributed by atoms with Gasteiger partial charge in [-0.25, -0.2) is 0 Å². The van der Waals surface area contributed by atoms with E-state index in [0.29, 0.717) is 18.8 Å².